The number of nitrogens with two attached hydrogens (primary N) is 1. The van der Waals surface area contributed by atoms with Gasteiger partial charge in [0.25, 0.3) is 0 Å². The van der Waals surface area contributed by atoms with Crippen LogP contribution in [0.5, 0.6) is 0 Å². The Labute approximate surface area is 100 Å². The summed E-state index contributed by atoms with van der Waals surface area (Å²) in [5, 5.41) is 4.49. The van der Waals surface area contributed by atoms with E-state index in [4.69, 9.17) is 5.73 Å². The number of aromatic nitrogens is 3. The number of hydrogen-bond donors (Lipinski definition) is 1. The monoisotopic (exact) mass is 231 g/mol. The largest absolute Gasteiger partial charge is 0.338 e. The molecule has 2 N–H and O–H groups in total. The highest BCUT2D eigenvalue weighted by Crippen LogP contribution is 2.16. The van der Waals surface area contributed by atoms with Crippen molar-refractivity contribution in [3.05, 3.63) is 23.9 Å². The van der Waals surface area contributed by atoms with E-state index in [0.717, 1.165) is 37.5 Å². The lowest BCUT2D eigenvalue weighted by molar-refractivity contribution is 0.500. The second-order valence-electron chi connectivity index (χ2n) is 4.77. The van der Waals surface area contributed by atoms with Crippen LogP contribution in [0.15, 0.2) is 18.3 Å². The van der Waals surface area contributed by atoms with Gasteiger partial charge >= 0.3 is 0 Å². The number of hydrogen-bond acceptors (Lipinski definition) is 4. The third-order valence-corrected chi connectivity index (χ3v) is 3.22. The minimum Gasteiger partial charge on any atom is -0.338 e. The Hall–Kier alpha value is -1.62. The first kappa shape index (κ1) is 10.5. The van der Waals surface area contributed by atoms with E-state index in [1.54, 1.807) is 0 Å². The predicted molar refractivity (Wildman–Crippen MR) is 67.1 cm³/mol. The maximum atomic E-state index is 5.98. The number of anilines is 1. The number of piperidine rings is 1. The second kappa shape index (κ2) is 4.00. The van der Waals surface area contributed by atoms with E-state index in [-0.39, 0.29) is 6.04 Å². The van der Waals surface area contributed by atoms with Crippen molar-refractivity contribution in [3.63, 3.8) is 0 Å². The summed E-state index contributed by atoms with van der Waals surface area (Å²) in [5.41, 5.74) is 8.08. The molecular formula is C12H17N5. The molecule has 0 amide bonds. The zero-order chi connectivity index (χ0) is 11.8. The van der Waals surface area contributed by atoms with Crippen LogP contribution in [0.1, 0.15) is 18.4 Å². The van der Waals surface area contributed by atoms with Crippen molar-refractivity contribution in [2.75, 3.05) is 18.0 Å². The Morgan fingerprint density at radius 2 is 2.35 bits per heavy atom. The van der Waals surface area contributed by atoms with Gasteiger partial charge in [0.1, 0.15) is 0 Å². The Kier molecular flexibility index (Phi) is 2.48. The van der Waals surface area contributed by atoms with Crippen LogP contribution in [-0.4, -0.2) is 33.7 Å². The maximum absolute atomic E-state index is 5.98. The summed E-state index contributed by atoms with van der Waals surface area (Å²) in [6, 6.07) is 4.32. The first-order valence-corrected chi connectivity index (χ1v) is 6.06. The molecule has 5 nitrogen and oxygen atoms in total. The van der Waals surface area contributed by atoms with Crippen LogP contribution in [0, 0.1) is 6.92 Å². The highest BCUT2D eigenvalue weighted by Gasteiger charge is 2.20. The quantitative estimate of drug-likeness (QED) is 0.794. The van der Waals surface area contributed by atoms with Crippen molar-refractivity contribution in [2.24, 2.45) is 5.73 Å². The molecule has 17 heavy (non-hydrogen) atoms. The minimum atomic E-state index is 0.247. The van der Waals surface area contributed by atoms with E-state index in [2.05, 4.69) is 21.9 Å². The minimum absolute atomic E-state index is 0.247. The Morgan fingerprint density at radius 3 is 3.18 bits per heavy atom. The van der Waals surface area contributed by atoms with E-state index in [0.29, 0.717) is 0 Å². The van der Waals surface area contributed by atoms with Crippen molar-refractivity contribution in [3.8, 4) is 0 Å². The first-order valence-electron chi connectivity index (χ1n) is 6.06. The SMILES string of the molecule is Cc1ccn2nc(N3CCCC(N)C3)nc2c1. The molecule has 0 aliphatic carbocycles. The average Bonchev–Trinajstić information content (AvgIpc) is 2.72. The van der Waals surface area contributed by atoms with Crippen molar-refractivity contribution in [1.82, 2.24) is 14.6 Å². The van der Waals surface area contributed by atoms with E-state index in [1.165, 1.54) is 5.56 Å². The summed E-state index contributed by atoms with van der Waals surface area (Å²) in [7, 11) is 0. The maximum Gasteiger partial charge on any atom is 0.245 e. The lowest BCUT2D eigenvalue weighted by Gasteiger charge is -2.29. The summed E-state index contributed by atoms with van der Waals surface area (Å²) in [5.74, 6) is 0.797. The van der Waals surface area contributed by atoms with Crippen LogP contribution in [0.2, 0.25) is 0 Å². The van der Waals surface area contributed by atoms with Crippen LogP contribution in [-0.2, 0) is 0 Å². The molecule has 2 aromatic rings. The lowest BCUT2D eigenvalue weighted by atomic mass is 10.1. The topological polar surface area (TPSA) is 59.5 Å². The molecule has 3 heterocycles. The lowest BCUT2D eigenvalue weighted by Crippen LogP contribution is -2.43. The Morgan fingerprint density at radius 1 is 1.47 bits per heavy atom. The fourth-order valence-corrected chi connectivity index (χ4v) is 2.30. The summed E-state index contributed by atoms with van der Waals surface area (Å²) >= 11 is 0. The number of rotatable bonds is 1. The van der Waals surface area contributed by atoms with Gasteiger partial charge in [-0.2, -0.15) is 4.98 Å². The van der Waals surface area contributed by atoms with Gasteiger partial charge in [-0.25, -0.2) is 4.52 Å². The number of pyridine rings is 1. The molecule has 0 radical (unpaired) electrons. The third-order valence-electron chi connectivity index (χ3n) is 3.22. The van der Waals surface area contributed by atoms with Gasteiger partial charge in [-0.05, 0) is 37.5 Å². The summed E-state index contributed by atoms with van der Waals surface area (Å²) in [6.45, 7) is 3.92. The van der Waals surface area contributed by atoms with Gasteiger partial charge in [-0.15, -0.1) is 5.10 Å². The molecular weight excluding hydrogens is 214 g/mol. The summed E-state index contributed by atoms with van der Waals surface area (Å²) in [4.78, 5) is 6.73. The van der Waals surface area contributed by atoms with Crippen molar-refractivity contribution in [1.29, 1.82) is 0 Å². The highest BCUT2D eigenvalue weighted by molar-refractivity contribution is 5.46. The van der Waals surface area contributed by atoms with Gasteiger partial charge in [-0.3, -0.25) is 0 Å². The smallest absolute Gasteiger partial charge is 0.245 e. The van der Waals surface area contributed by atoms with E-state index in [1.807, 2.05) is 22.8 Å². The van der Waals surface area contributed by atoms with Crippen LogP contribution >= 0.6 is 0 Å². The standard InChI is InChI=1S/C12H17N5/c1-9-4-6-17-11(7-9)14-12(15-17)16-5-2-3-10(13)8-16/h4,6-7,10H,2-3,5,8,13H2,1H3. The molecule has 1 fully saturated rings. The third kappa shape index (κ3) is 1.98. The Bertz CT molecular complexity index is 533. The molecule has 0 saturated carbocycles. The normalized spacial score (nSPS) is 21.1. The van der Waals surface area contributed by atoms with Crippen molar-refractivity contribution < 1.29 is 0 Å². The average molecular weight is 231 g/mol. The van der Waals surface area contributed by atoms with Gasteiger partial charge in [0.15, 0.2) is 5.65 Å². The van der Waals surface area contributed by atoms with Crippen LogP contribution in [0.25, 0.3) is 5.65 Å². The molecule has 5 heteroatoms. The molecule has 1 saturated heterocycles. The molecule has 3 rings (SSSR count). The Balaban J connectivity index is 1.94. The number of fused-ring (bicyclic) bond motifs is 1. The predicted octanol–water partition coefficient (Wildman–Crippen LogP) is 0.965. The van der Waals surface area contributed by atoms with Gasteiger partial charge in [0, 0.05) is 25.3 Å². The van der Waals surface area contributed by atoms with Crippen molar-refractivity contribution in [2.45, 2.75) is 25.8 Å². The zero-order valence-corrected chi connectivity index (χ0v) is 10.0. The van der Waals surface area contributed by atoms with E-state index in [9.17, 15) is 0 Å². The zero-order valence-electron chi connectivity index (χ0n) is 10.0. The van der Waals surface area contributed by atoms with Crippen LogP contribution < -0.4 is 10.6 Å². The van der Waals surface area contributed by atoms with E-state index < -0.39 is 0 Å². The van der Waals surface area contributed by atoms with Gasteiger partial charge in [0.05, 0.1) is 0 Å². The van der Waals surface area contributed by atoms with E-state index >= 15 is 0 Å². The molecule has 1 unspecified atom stereocenters. The number of aryl methyl sites for hydroxylation is 1. The highest BCUT2D eigenvalue weighted by atomic mass is 15.4. The fraction of sp³-hybridized carbons (Fsp3) is 0.500. The summed E-state index contributed by atoms with van der Waals surface area (Å²) < 4.78 is 1.82. The van der Waals surface area contributed by atoms with Gasteiger partial charge in [0.2, 0.25) is 5.95 Å². The molecule has 90 valence electrons. The second-order valence-corrected chi connectivity index (χ2v) is 4.77. The van der Waals surface area contributed by atoms with Gasteiger partial charge in [-0.1, -0.05) is 0 Å². The molecule has 1 aliphatic rings. The fourth-order valence-electron chi connectivity index (χ4n) is 2.30. The number of nitrogens with zero attached hydrogens (tertiary/aromatic N) is 4. The first-order chi connectivity index (χ1) is 8.22. The molecule has 1 aliphatic heterocycles. The van der Waals surface area contributed by atoms with Crippen molar-refractivity contribution >= 4 is 11.6 Å². The molecule has 2 aromatic heterocycles. The van der Waals surface area contributed by atoms with Gasteiger partial charge < -0.3 is 10.6 Å². The van der Waals surface area contributed by atoms with Crippen LogP contribution in [0.4, 0.5) is 5.95 Å². The molecule has 1 atom stereocenters. The summed E-state index contributed by atoms with van der Waals surface area (Å²) in [6.07, 6.45) is 4.17. The van der Waals surface area contributed by atoms with Crippen LogP contribution in [0.3, 0.4) is 0 Å². The molecule has 0 bridgehead atoms. The molecule has 0 aromatic carbocycles. The molecule has 0 spiro atoms.